The van der Waals surface area contributed by atoms with E-state index in [0.29, 0.717) is 23.8 Å². The summed E-state index contributed by atoms with van der Waals surface area (Å²) in [5.74, 6) is 0.378. The van der Waals surface area contributed by atoms with Crippen LogP contribution in [0.4, 0.5) is 0 Å². The average Bonchev–Trinajstić information content (AvgIpc) is 2.98. The maximum absolute atomic E-state index is 12.6. The summed E-state index contributed by atoms with van der Waals surface area (Å²) in [6, 6.07) is 7.02. The van der Waals surface area contributed by atoms with Crippen LogP contribution >= 0.6 is 12.4 Å². The summed E-state index contributed by atoms with van der Waals surface area (Å²) in [5.41, 5.74) is 6.63. The van der Waals surface area contributed by atoms with Crippen LogP contribution in [0, 0.1) is 5.92 Å². The van der Waals surface area contributed by atoms with Crippen molar-refractivity contribution >= 4 is 22.4 Å². The normalized spacial score (nSPS) is 17.4. The second kappa shape index (κ2) is 8.13. The standard InChI is InChI=1S/C15H24N2O2S.ClH/c1-2-12-7-5-6-10-15(12)20(18,19)17-14(11-16)13-8-3-4-9-13;/h5-7,10,13-14,17H,2-4,8-9,11,16H2,1H3;1H. The Morgan fingerprint density at radius 1 is 1.29 bits per heavy atom. The van der Waals surface area contributed by atoms with Gasteiger partial charge in [0.1, 0.15) is 0 Å². The molecular weight excluding hydrogens is 308 g/mol. The van der Waals surface area contributed by atoms with Crippen molar-refractivity contribution in [1.29, 1.82) is 0 Å². The van der Waals surface area contributed by atoms with Crippen LogP contribution in [-0.2, 0) is 16.4 Å². The predicted octanol–water partition coefficient (Wildman–Crippen LogP) is 2.47. The summed E-state index contributed by atoms with van der Waals surface area (Å²) in [4.78, 5) is 0.388. The molecular formula is C15H25ClN2O2S. The van der Waals surface area contributed by atoms with Gasteiger partial charge in [0.15, 0.2) is 0 Å². The number of benzene rings is 1. The highest BCUT2D eigenvalue weighted by atomic mass is 35.5. The fourth-order valence-corrected chi connectivity index (χ4v) is 4.65. The van der Waals surface area contributed by atoms with Crippen molar-refractivity contribution in [2.75, 3.05) is 6.54 Å². The average molecular weight is 333 g/mol. The summed E-state index contributed by atoms with van der Waals surface area (Å²) < 4.78 is 28.0. The smallest absolute Gasteiger partial charge is 0.241 e. The molecule has 1 aromatic rings. The Bertz CT molecular complexity index is 542. The lowest BCUT2D eigenvalue weighted by atomic mass is 9.99. The Balaban J connectivity index is 0.00000220. The van der Waals surface area contributed by atoms with Gasteiger partial charge < -0.3 is 5.73 Å². The molecule has 0 aromatic heterocycles. The minimum absolute atomic E-state index is 0. The molecule has 1 aliphatic rings. The Hall–Kier alpha value is -0.620. The van der Waals surface area contributed by atoms with Gasteiger partial charge in [-0.05, 0) is 36.8 Å². The highest BCUT2D eigenvalue weighted by Crippen LogP contribution is 2.28. The van der Waals surface area contributed by atoms with Crippen LogP contribution in [0.2, 0.25) is 0 Å². The van der Waals surface area contributed by atoms with Crippen LogP contribution < -0.4 is 10.5 Å². The van der Waals surface area contributed by atoms with Crippen LogP contribution in [0.15, 0.2) is 29.2 Å². The highest BCUT2D eigenvalue weighted by molar-refractivity contribution is 7.89. The van der Waals surface area contributed by atoms with Crippen molar-refractivity contribution in [3.63, 3.8) is 0 Å². The van der Waals surface area contributed by atoms with Crippen LogP contribution in [0.1, 0.15) is 38.2 Å². The van der Waals surface area contributed by atoms with Crippen molar-refractivity contribution in [2.45, 2.75) is 50.0 Å². The lowest BCUT2D eigenvalue weighted by Gasteiger charge is -2.23. The molecule has 0 amide bonds. The van der Waals surface area contributed by atoms with Gasteiger partial charge in [0.2, 0.25) is 10.0 Å². The maximum Gasteiger partial charge on any atom is 0.241 e. The molecule has 1 atom stereocenters. The second-order valence-corrected chi connectivity index (χ2v) is 7.15. The highest BCUT2D eigenvalue weighted by Gasteiger charge is 2.29. The molecule has 0 saturated heterocycles. The summed E-state index contributed by atoms with van der Waals surface area (Å²) >= 11 is 0. The Morgan fingerprint density at radius 2 is 1.90 bits per heavy atom. The minimum Gasteiger partial charge on any atom is -0.329 e. The van der Waals surface area contributed by atoms with E-state index in [9.17, 15) is 8.42 Å². The number of sulfonamides is 1. The van der Waals surface area contributed by atoms with E-state index in [2.05, 4.69) is 4.72 Å². The fraction of sp³-hybridized carbons (Fsp3) is 0.600. The zero-order valence-electron chi connectivity index (χ0n) is 12.4. The summed E-state index contributed by atoms with van der Waals surface area (Å²) in [6.45, 7) is 2.32. The number of nitrogens with one attached hydrogen (secondary N) is 1. The van der Waals surface area contributed by atoms with Gasteiger partial charge in [0, 0.05) is 12.6 Å². The summed E-state index contributed by atoms with van der Waals surface area (Å²) in [7, 11) is -3.48. The summed E-state index contributed by atoms with van der Waals surface area (Å²) in [6.07, 6.45) is 5.19. The molecule has 120 valence electrons. The van der Waals surface area contributed by atoms with Gasteiger partial charge in [0.25, 0.3) is 0 Å². The molecule has 1 aliphatic carbocycles. The molecule has 21 heavy (non-hydrogen) atoms. The van der Waals surface area contributed by atoms with Gasteiger partial charge in [-0.15, -0.1) is 12.4 Å². The predicted molar refractivity (Wildman–Crippen MR) is 88.2 cm³/mol. The molecule has 6 heteroatoms. The van der Waals surface area contributed by atoms with Gasteiger partial charge >= 0.3 is 0 Å². The lowest BCUT2D eigenvalue weighted by Crippen LogP contribution is -2.44. The van der Waals surface area contributed by atoms with Crippen molar-refractivity contribution in [3.05, 3.63) is 29.8 Å². The molecule has 3 N–H and O–H groups in total. The van der Waals surface area contributed by atoms with Crippen LogP contribution in [-0.4, -0.2) is 21.0 Å². The third-order valence-electron chi connectivity index (χ3n) is 4.17. The van der Waals surface area contributed by atoms with E-state index in [-0.39, 0.29) is 18.4 Å². The van der Waals surface area contributed by atoms with Gasteiger partial charge in [-0.3, -0.25) is 0 Å². The molecule has 4 nitrogen and oxygen atoms in total. The topological polar surface area (TPSA) is 72.2 Å². The van der Waals surface area contributed by atoms with Crippen molar-refractivity contribution < 1.29 is 8.42 Å². The Kier molecular flexibility index (Phi) is 7.13. The number of hydrogen-bond donors (Lipinski definition) is 2. The van der Waals surface area contributed by atoms with E-state index >= 15 is 0 Å². The Labute approximate surface area is 134 Å². The number of halogens is 1. The third-order valence-corrected chi connectivity index (χ3v) is 5.76. The Morgan fingerprint density at radius 3 is 2.48 bits per heavy atom. The number of aryl methyl sites for hydroxylation is 1. The first-order valence-corrected chi connectivity index (χ1v) is 8.87. The zero-order chi connectivity index (χ0) is 14.6. The van der Waals surface area contributed by atoms with Gasteiger partial charge in [0.05, 0.1) is 4.90 Å². The number of nitrogens with two attached hydrogens (primary N) is 1. The molecule has 1 unspecified atom stereocenters. The first-order valence-electron chi connectivity index (χ1n) is 7.38. The van der Waals surface area contributed by atoms with Gasteiger partial charge in [-0.1, -0.05) is 38.0 Å². The fourth-order valence-electron chi connectivity index (χ4n) is 3.02. The second-order valence-electron chi connectivity index (χ2n) is 5.47. The SMILES string of the molecule is CCc1ccccc1S(=O)(=O)NC(CN)C1CCCC1.Cl. The molecule has 1 aromatic carbocycles. The quantitative estimate of drug-likeness (QED) is 0.840. The number of hydrogen-bond acceptors (Lipinski definition) is 3. The largest absolute Gasteiger partial charge is 0.329 e. The van der Waals surface area contributed by atoms with E-state index in [0.717, 1.165) is 18.4 Å². The van der Waals surface area contributed by atoms with Crippen LogP contribution in [0.3, 0.4) is 0 Å². The molecule has 1 fully saturated rings. The summed E-state index contributed by atoms with van der Waals surface area (Å²) in [5, 5.41) is 0. The van der Waals surface area contributed by atoms with E-state index in [1.165, 1.54) is 12.8 Å². The maximum atomic E-state index is 12.6. The zero-order valence-corrected chi connectivity index (χ0v) is 14.1. The monoisotopic (exact) mass is 332 g/mol. The van der Waals surface area contributed by atoms with Crippen LogP contribution in [0.5, 0.6) is 0 Å². The molecule has 0 radical (unpaired) electrons. The minimum atomic E-state index is -3.48. The third kappa shape index (κ3) is 4.42. The van der Waals surface area contributed by atoms with Crippen LogP contribution in [0.25, 0.3) is 0 Å². The molecule has 0 bridgehead atoms. The first kappa shape index (κ1) is 18.4. The van der Waals surface area contributed by atoms with E-state index in [1.807, 2.05) is 19.1 Å². The molecule has 0 aliphatic heterocycles. The van der Waals surface area contributed by atoms with E-state index in [1.54, 1.807) is 12.1 Å². The van der Waals surface area contributed by atoms with Gasteiger partial charge in [-0.2, -0.15) is 0 Å². The van der Waals surface area contributed by atoms with Crippen molar-refractivity contribution in [1.82, 2.24) is 4.72 Å². The molecule has 1 saturated carbocycles. The molecule has 0 spiro atoms. The lowest BCUT2D eigenvalue weighted by molar-refractivity contribution is 0.405. The van der Waals surface area contributed by atoms with E-state index in [4.69, 9.17) is 5.73 Å². The molecule has 2 rings (SSSR count). The first-order chi connectivity index (χ1) is 9.58. The van der Waals surface area contributed by atoms with Crippen molar-refractivity contribution in [2.24, 2.45) is 11.7 Å². The molecule has 0 heterocycles. The van der Waals surface area contributed by atoms with Crippen molar-refractivity contribution in [3.8, 4) is 0 Å². The van der Waals surface area contributed by atoms with E-state index < -0.39 is 10.0 Å². The number of rotatable bonds is 6. The van der Waals surface area contributed by atoms with Gasteiger partial charge in [-0.25, -0.2) is 13.1 Å².